The van der Waals surface area contributed by atoms with Gasteiger partial charge < -0.3 is 19.5 Å². The number of carbonyl (C=O) groups excluding carboxylic acids is 1. The summed E-state index contributed by atoms with van der Waals surface area (Å²) >= 11 is 0. The van der Waals surface area contributed by atoms with Gasteiger partial charge in [0.15, 0.2) is 0 Å². The maximum Gasteiger partial charge on any atom is 0.337 e. The molecule has 0 saturated carbocycles. The summed E-state index contributed by atoms with van der Waals surface area (Å²) in [5.41, 5.74) is -0.941. The van der Waals surface area contributed by atoms with Gasteiger partial charge in [-0.2, -0.15) is 0 Å². The molecule has 0 aliphatic heterocycles. The highest BCUT2D eigenvalue weighted by Crippen LogP contribution is 2.26. The van der Waals surface area contributed by atoms with E-state index in [-0.39, 0.29) is 0 Å². The fraction of sp³-hybridized carbons (Fsp3) is 0.576. The number of sulfone groups is 1. The Morgan fingerprint density at radius 3 is 1.41 bits per heavy atom. The summed E-state index contributed by atoms with van der Waals surface area (Å²) in [4.78, 5) is 21.2. The van der Waals surface area contributed by atoms with E-state index in [2.05, 4.69) is 28.1 Å². The topological polar surface area (TPSA) is 112 Å². The number of nitrogens with zero attached hydrogens (tertiary/aromatic N) is 1. The number of carbonyl (C=O) groups is 2. The molecule has 230 valence electrons. The van der Waals surface area contributed by atoms with Gasteiger partial charge in [-0.05, 0) is 31.0 Å². The third-order valence-corrected chi connectivity index (χ3v) is 8.86. The second-order valence-electron chi connectivity index (χ2n) is 11.7. The minimum Gasteiger partial charge on any atom is -0.545 e. The molecule has 0 saturated heterocycles. The molecule has 7 nitrogen and oxygen atoms in total. The second-order valence-corrected chi connectivity index (χ2v) is 13.6. The van der Waals surface area contributed by atoms with Crippen LogP contribution in [0.1, 0.15) is 118 Å². The molecular formula is C33H51NO6S. The van der Waals surface area contributed by atoms with E-state index < -0.39 is 42.7 Å². The van der Waals surface area contributed by atoms with E-state index in [1.807, 2.05) is 0 Å². The Hall–Kier alpha value is -2.71. The molecule has 0 atom stereocenters. The van der Waals surface area contributed by atoms with Crippen LogP contribution in [-0.2, 0) is 9.84 Å². The van der Waals surface area contributed by atoms with Crippen molar-refractivity contribution in [3.8, 4) is 0 Å². The lowest BCUT2D eigenvalue weighted by atomic mass is 10.0. The smallest absolute Gasteiger partial charge is 0.337 e. The Bertz CT molecular complexity index is 1090. The summed E-state index contributed by atoms with van der Waals surface area (Å²) in [7, 11) is 2.59. The van der Waals surface area contributed by atoms with Crippen molar-refractivity contribution in [2.24, 2.45) is 0 Å². The fourth-order valence-electron chi connectivity index (χ4n) is 4.65. The van der Waals surface area contributed by atoms with Crippen molar-refractivity contribution in [2.75, 3.05) is 27.7 Å². The van der Waals surface area contributed by atoms with Crippen molar-refractivity contribution in [1.82, 2.24) is 0 Å². The monoisotopic (exact) mass is 589 g/mol. The van der Waals surface area contributed by atoms with Crippen LogP contribution in [0.3, 0.4) is 0 Å². The first kappa shape index (κ1) is 36.3. The zero-order valence-corrected chi connectivity index (χ0v) is 26.4. The Labute approximate surface area is 248 Å². The zero-order chi connectivity index (χ0) is 30.7. The minimum absolute atomic E-state index is 0.425. The van der Waals surface area contributed by atoms with Gasteiger partial charge in [0.1, 0.15) is 0 Å². The first-order valence-electron chi connectivity index (χ1n) is 15.1. The summed E-state index contributed by atoms with van der Waals surface area (Å²) < 4.78 is 26.2. The highest BCUT2D eigenvalue weighted by Gasteiger charge is 2.26. The molecule has 0 heterocycles. The number of benzene rings is 2. The predicted molar refractivity (Wildman–Crippen MR) is 163 cm³/mol. The molecule has 2 aromatic carbocycles. The molecule has 0 spiro atoms. The third-order valence-electron chi connectivity index (χ3n) is 6.99. The van der Waals surface area contributed by atoms with Crippen molar-refractivity contribution in [3.05, 3.63) is 59.7 Å². The third kappa shape index (κ3) is 14.7. The van der Waals surface area contributed by atoms with Crippen LogP contribution < -0.4 is 5.11 Å². The van der Waals surface area contributed by atoms with Crippen LogP contribution in [0.25, 0.3) is 0 Å². The van der Waals surface area contributed by atoms with Gasteiger partial charge in [0, 0.05) is 5.56 Å². The normalized spacial score (nSPS) is 11.5. The maximum atomic E-state index is 12.5. The van der Waals surface area contributed by atoms with E-state index >= 15 is 0 Å². The van der Waals surface area contributed by atoms with E-state index in [0.29, 0.717) is 0 Å². The number of carboxylic acid groups (broad SMARTS) is 2. The molecule has 0 fully saturated rings. The summed E-state index contributed by atoms with van der Waals surface area (Å²) in [6.45, 7) is 3.63. The van der Waals surface area contributed by atoms with Crippen LogP contribution in [0.4, 0.5) is 0 Å². The molecular weight excluding hydrogens is 538 g/mol. The van der Waals surface area contributed by atoms with E-state index in [1.54, 1.807) is 0 Å². The summed E-state index contributed by atoms with van der Waals surface area (Å²) in [5, 5.41) is 20.1. The van der Waals surface area contributed by atoms with Crippen molar-refractivity contribution >= 4 is 21.8 Å². The summed E-state index contributed by atoms with van der Waals surface area (Å²) in [6.07, 6.45) is 20.4. The van der Waals surface area contributed by atoms with Crippen molar-refractivity contribution in [3.63, 3.8) is 0 Å². The predicted octanol–water partition coefficient (Wildman–Crippen LogP) is 6.76. The lowest BCUT2D eigenvalue weighted by molar-refractivity contribution is -0.870. The zero-order valence-electron chi connectivity index (χ0n) is 25.6. The first-order valence-corrected chi connectivity index (χ1v) is 16.6. The SMILES string of the molecule is CCCCCCCCCCCCCCCC[N+](C)(C)C.O=C([O-])c1ccccc1S(=O)(=O)c1ccccc1C(=O)O. The first-order chi connectivity index (χ1) is 19.4. The lowest BCUT2D eigenvalue weighted by Crippen LogP contribution is -2.35. The van der Waals surface area contributed by atoms with E-state index in [0.717, 1.165) is 28.7 Å². The number of hydrogen-bond donors (Lipinski definition) is 1. The second kappa shape index (κ2) is 19.4. The van der Waals surface area contributed by atoms with Gasteiger partial charge in [-0.25, -0.2) is 13.2 Å². The van der Waals surface area contributed by atoms with Crippen LogP contribution in [0.15, 0.2) is 58.3 Å². The molecule has 0 aliphatic carbocycles. The van der Waals surface area contributed by atoms with Gasteiger partial charge in [-0.3, -0.25) is 0 Å². The van der Waals surface area contributed by atoms with E-state index in [4.69, 9.17) is 5.11 Å². The highest BCUT2D eigenvalue weighted by molar-refractivity contribution is 7.91. The van der Waals surface area contributed by atoms with E-state index in [1.165, 1.54) is 121 Å². The fourth-order valence-corrected chi connectivity index (χ4v) is 6.28. The molecule has 0 amide bonds. The maximum absolute atomic E-state index is 12.5. The molecule has 2 aromatic rings. The largest absolute Gasteiger partial charge is 0.545 e. The number of unbranched alkanes of at least 4 members (excludes halogenated alkanes) is 13. The Balaban J connectivity index is 0.000000411. The summed E-state index contributed by atoms with van der Waals surface area (Å²) in [6, 6.07) is 9.89. The van der Waals surface area contributed by atoms with Gasteiger partial charge in [0.05, 0.1) is 49.0 Å². The van der Waals surface area contributed by atoms with Gasteiger partial charge in [0.25, 0.3) is 0 Å². The number of rotatable bonds is 19. The van der Waals surface area contributed by atoms with Gasteiger partial charge in [-0.15, -0.1) is 0 Å². The van der Waals surface area contributed by atoms with Gasteiger partial charge in [0.2, 0.25) is 9.84 Å². The highest BCUT2D eigenvalue weighted by atomic mass is 32.2. The molecule has 41 heavy (non-hydrogen) atoms. The van der Waals surface area contributed by atoms with Crippen LogP contribution in [0.2, 0.25) is 0 Å². The molecule has 0 aromatic heterocycles. The van der Waals surface area contributed by atoms with Crippen LogP contribution in [0, 0.1) is 0 Å². The van der Waals surface area contributed by atoms with Crippen molar-refractivity contribution < 1.29 is 32.7 Å². The molecule has 0 unspecified atom stereocenters. The lowest BCUT2D eigenvalue weighted by Gasteiger charge is -2.23. The number of aromatic carboxylic acids is 2. The van der Waals surface area contributed by atoms with Crippen LogP contribution in [0.5, 0.6) is 0 Å². The molecule has 8 heteroatoms. The Morgan fingerprint density at radius 2 is 1.02 bits per heavy atom. The quantitative estimate of drug-likeness (QED) is 0.143. The molecule has 0 bridgehead atoms. The number of quaternary nitrogens is 1. The Kier molecular flexibility index (Phi) is 17.2. The van der Waals surface area contributed by atoms with Crippen molar-refractivity contribution in [2.45, 2.75) is 107 Å². The van der Waals surface area contributed by atoms with Crippen LogP contribution >= 0.6 is 0 Å². The minimum atomic E-state index is -4.29. The molecule has 0 aliphatic rings. The summed E-state index contributed by atoms with van der Waals surface area (Å²) in [5.74, 6) is -3.07. The molecule has 1 N–H and O–H groups in total. The van der Waals surface area contributed by atoms with E-state index in [9.17, 15) is 23.1 Å². The van der Waals surface area contributed by atoms with Gasteiger partial charge in [-0.1, -0.05) is 114 Å². The van der Waals surface area contributed by atoms with Gasteiger partial charge >= 0.3 is 5.97 Å². The van der Waals surface area contributed by atoms with Crippen LogP contribution in [-0.4, -0.2) is 57.6 Å². The average Bonchev–Trinajstić information content (AvgIpc) is 2.93. The Morgan fingerprint density at radius 1 is 0.659 bits per heavy atom. The number of hydrogen-bond acceptors (Lipinski definition) is 5. The number of carboxylic acids is 2. The average molecular weight is 590 g/mol. The van der Waals surface area contributed by atoms with Crippen molar-refractivity contribution in [1.29, 1.82) is 0 Å². The molecule has 2 rings (SSSR count). The molecule has 0 radical (unpaired) electrons. The standard InChI is InChI=1S/C19H42N.C14H10O6S/c1-5-6-7-8-9-10-11-12-13-14-15-16-17-18-19-20(2,3)4;15-13(16)9-5-1-3-7-11(9)21(19,20)12-8-4-2-6-10(12)14(17)18/h5-19H2,1-4H3;1-8H,(H,15,16)(H,17,18)/q+1;/p-1.